The number of nitrogens with zero attached hydrogens (tertiary/aromatic N) is 2. The number of nitrogens with one attached hydrogen (secondary N) is 1. The highest BCUT2D eigenvalue weighted by Gasteiger charge is 2.17. The molecule has 0 spiro atoms. The monoisotopic (exact) mass is 201 g/mol. The van der Waals surface area contributed by atoms with Crippen LogP contribution < -0.4 is 5.32 Å². The van der Waals surface area contributed by atoms with Crippen LogP contribution in [0.2, 0.25) is 0 Å². The van der Waals surface area contributed by atoms with Crippen molar-refractivity contribution >= 4 is 6.03 Å². The Labute approximate surface area is 84.7 Å². The van der Waals surface area contributed by atoms with E-state index in [1.807, 2.05) is 4.90 Å². The zero-order valence-electron chi connectivity index (χ0n) is 8.70. The average Bonchev–Trinajstić information content (AvgIpc) is 2.43. The lowest BCUT2D eigenvalue weighted by atomic mass is 10.4. The van der Waals surface area contributed by atoms with Crippen molar-refractivity contribution in [3.05, 3.63) is 0 Å². The molecule has 82 valence electrons. The number of amides is 2. The summed E-state index contributed by atoms with van der Waals surface area (Å²) in [6.45, 7) is 4.28. The first-order valence-corrected chi connectivity index (χ1v) is 5.08. The van der Waals surface area contributed by atoms with Crippen LogP contribution in [0.25, 0.3) is 0 Å². The maximum absolute atomic E-state index is 11.3. The van der Waals surface area contributed by atoms with Gasteiger partial charge in [0.15, 0.2) is 0 Å². The number of hydrogen-bond acceptors (Lipinski definition) is 3. The van der Waals surface area contributed by atoms with Crippen molar-refractivity contribution in [3.63, 3.8) is 0 Å². The van der Waals surface area contributed by atoms with E-state index in [1.165, 1.54) is 0 Å². The van der Waals surface area contributed by atoms with Gasteiger partial charge in [0.25, 0.3) is 0 Å². The van der Waals surface area contributed by atoms with Gasteiger partial charge in [-0.2, -0.15) is 0 Å². The van der Waals surface area contributed by atoms with Gasteiger partial charge in [-0.25, -0.2) is 4.79 Å². The molecular formula is C9H19N3O2. The fourth-order valence-corrected chi connectivity index (χ4v) is 1.70. The predicted octanol–water partition coefficient (Wildman–Crippen LogP) is -0.674. The Hall–Kier alpha value is -0.810. The van der Waals surface area contributed by atoms with Gasteiger partial charge in [0.1, 0.15) is 0 Å². The van der Waals surface area contributed by atoms with E-state index in [1.54, 1.807) is 7.05 Å². The van der Waals surface area contributed by atoms with Gasteiger partial charge < -0.3 is 15.3 Å². The van der Waals surface area contributed by atoms with Crippen LogP contribution in [0.5, 0.6) is 0 Å². The van der Waals surface area contributed by atoms with E-state index in [0.29, 0.717) is 6.54 Å². The third kappa shape index (κ3) is 3.16. The summed E-state index contributed by atoms with van der Waals surface area (Å²) in [7, 11) is 1.65. The second-order valence-corrected chi connectivity index (χ2v) is 3.46. The molecule has 0 aromatic rings. The fourth-order valence-electron chi connectivity index (χ4n) is 1.70. The Kier molecular flexibility index (Phi) is 4.69. The molecule has 0 radical (unpaired) electrons. The number of rotatable bonds is 2. The van der Waals surface area contributed by atoms with Gasteiger partial charge in [-0.05, 0) is 13.0 Å². The molecule has 2 amide bonds. The second-order valence-electron chi connectivity index (χ2n) is 3.46. The molecule has 1 rings (SSSR count). The highest BCUT2D eigenvalue weighted by Crippen LogP contribution is 2.02. The van der Waals surface area contributed by atoms with Gasteiger partial charge in [0.05, 0.1) is 6.61 Å². The number of hydrogen-bond donors (Lipinski definition) is 2. The summed E-state index contributed by atoms with van der Waals surface area (Å²) in [6, 6.07) is -0.00384. The molecule has 0 bridgehead atoms. The summed E-state index contributed by atoms with van der Waals surface area (Å²) in [5.74, 6) is 0. The maximum atomic E-state index is 11.3. The van der Waals surface area contributed by atoms with Crippen molar-refractivity contribution in [2.45, 2.75) is 6.42 Å². The number of urea groups is 1. The lowest BCUT2D eigenvalue weighted by molar-refractivity contribution is 0.190. The van der Waals surface area contributed by atoms with Crippen LogP contribution in [0.4, 0.5) is 4.79 Å². The molecule has 0 unspecified atom stereocenters. The van der Waals surface area contributed by atoms with Crippen LogP contribution in [-0.2, 0) is 0 Å². The van der Waals surface area contributed by atoms with E-state index in [0.717, 1.165) is 32.6 Å². The van der Waals surface area contributed by atoms with Crippen molar-refractivity contribution in [1.29, 1.82) is 0 Å². The molecule has 1 saturated heterocycles. The van der Waals surface area contributed by atoms with Crippen LogP contribution in [0.15, 0.2) is 0 Å². The van der Waals surface area contributed by atoms with Crippen molar-refractivity contribution in [2.24, 2.45) is 0 Å². The summed E-state index contributed by atoms with van der Waals surface area (Å²) >= 11 is 0. The zero-order valence-corrected chi connectivity index (χ0v) is 8.70. The molecule has 0 aliphatic carbocycles. The standard InChI is InChI=1S/C9H19N3O2/c1-10-9(14)12-4-2-3-11(5-6-12)7-8-13/h13H,2-8H2,1H3,(H,10,14). The highest BCUT2D eigenvalue weighted by atomic mass is 16.3. The number of carbonyl (C=O) groups excluding carboxylic acids is 1. The first-order chi connectivity index (χ1) is 6.77. The molecule has 0 atom stereocenters. The molecule has 1 aliphatic rings. The van der Waals surface area contributed by atoms with E-state index in [-0.39, 0.29) is 12.6 Å². The van der Waals surface area contributed by atoms with Gasteiger partial charge in [0.2, 0.25) is 0 Å². The largest absolute Gasteiger partial charge is 0.395 e. The molecule has 5 nitrogen and oxygen atoms in total. The third-order valence-electron chi connectivity index (χ3n) is 2.51. The van der Waals surface area contributed by atoms with Crippen LogP contribution in [-0.4, -0.2) is 67.3 Å². The minimum Gasteiger partial charge on any atom is -0.395 e. The quantitative estimate of drug-likeness (QED) is 0.623. The lowest BCUT2D eigenvalue weighted by Gasteiger charge is -2.20. The van der Waals surface area contributed by atoms with E-state index in [2.05, 4.69) is 10.2 Å². The Morgan fingerprint density at radius 3 is 2.79 bits per heavy atom. The van der Waals surface area contributed by atoms with Crippen molar-refractivity contribution in [1.82, 2.24) is 15.1 Å². The molecule has 1 heterocycles. The summed E-state index contributed by atoms with van der Waals surface area (Å²) in [5.41, 5.74) is 0. The number of aliphatic hydroxyl groups excluding tert-OH is 1. The molecule has 1 fully saturated rings. The molecule has 0 saturated carbocycles. The van der Waals surface area contributed by atoms with Crippen molar-refractivity contribution in [2.75, 3.05) is 46.4 Å². The molecule has 2 N–H and O–H groups in total. The normalized spacial score (nSPS) is 19.1. The lowest BCUT2D eigenvalue weighted by Crippen LogP contribution is -2.40. The minimum absolute atomic E-state index is 0.00384. The van der Waals surface area contributed by atoms with Crippen molar-refractivity contribution in [3.8, 4) is 0 Å². The van der Waals surface area contributed by atoms with Gasteiger partial charge >= 0.3 is 6.03 Å². The van der Waals surface area contributed by atoms with Crippen LogP contribution >= 0.6 is 0 Å². The topological polar surface area (TPSA) is 55.8 Å². The molecule has 1 aliphatic heterocycles. The van der Waals surface area contributed by atoms with E-state index in [4.69, 9.17) is 5.11 Å². The molecule has 0 aromatic carbocycles. The first kappa shape index (κ1) is 11.3. The first-order valence-electron chi connectivity index (χ1n) is 5.08. The van der Waals surface area contributed by atoms with Gasteiger partial charge in [0, 0.05) is 33.2 Å². The van der Waals surface area contributed by atoms with Gasteiger partial charge in [-0.1, -0.05) is 0 Å². The summed E-state index contributed by atoms with van der Waals surface area (Å²) in [6.07, 6.45) is 0.980. The van der Waals surface area contributed by atoms with Crippen LogP contribution in [0, 0.1) is 0 Å². The minimum atomic E-state index is -0.00384. The Morgan fingerprint density at radius 1 is 1.36 bits per heavy atom. The Balaban J connectivity index is 2.36. The maximum Gasteiger partial charge on any atom is 0.317 e. The van der Waals surface area contributed by atoms with Crippen molar-refractivity contribution < 1.29 is 9.90 Å². The molecule has 0 aromatic heterocycles. The summed E-state index contributed by atoms with van der Waals surface area (Å²) in [5, 5.41) is 11.4. The number of carbonyl (C=O) groups is 1. The van der Waals surface area contributed by atoms with Gasteiger partial charge in [-0.15, -0.1) is 0 Å². The molecular weight excluding hydrogens is 182 g/mol. The van der Waals surface area contributed by atoms with Crippen LogP contribution in [0.3, 0.4) is 0 Å². The second kappa shape index (κ2) is 5.82. The van der Waals surface area contributed by atoms with E-state index >= 15 is 0 Å². The fraction of sp³-hybridized carbons (Fsp3) is 0.889. The number of β-amino-alcohol motifs (C(OH)–C–C–N with tert-alkyl or cyclic N) is 1. The predicted molar refractivity (Wildman–Crippen MR) is 54.2 cm³/mol. The smallest absolute Gasteiger partial charge is 0.317 e. The Morgan fingerprint density at radius 2 is 2.14 bits per heavy atom. The van der Waals surface area contributed by atoms with E-state index < -0.39 is 0 Å². The zero-order chi connectivity index (χ0) is 10.4. The van der Waals surface area contributed by atoms with Crippen LogP contribution in [0.1, 0.15) is 6.42 Å². The number of aliphatic hydroxyl groups is 1. The summed E-state index contributed by atoms with van der Waals surface area (Å²) < 4.78 is 0. The van der Waals surface area contributed by atoms with Gasteiger partial charge in [-0.3, -0.25) is 4.90 Å². The van der Waals surface area contributed by atoms with E-state index in [9.17, 15) is 4.79 Å². The third-order valence-corrected chi connectivity index (χ3v) is 2.51. The SMILES string of the molecule is CNC(=O)N1CCCN(CCO)CC1. The molecule has 5 heteroatoms. The summed E-state index contributed by atoms with van der Waals surface area (Å²) in [4.78, 5) is 15.3. The average molecular weight is 201 g/mol. The highest BCUT2D eigenvalue weighted by molar-refractivity contribution is 5.73. The Bertz CT molecular complexity index is 187. The molecule has 14 heavy (non-hydrogen) atoms.